The molecule has 37 heavy (non-hydrogen) atoms. The Balaban J connectivity index is 1.33. The number of para-hydroxylation sites is 2. The standard InChI is InChI=1S/C30H35N3O4/c1-21-10-12-24(18-22(21)2)37-17-7-16-33-26-9-6-5-8-25(26)32-29(33)14-15-31-30(34)20-23-11-13-27(35-3)28(19-23)36-4/h5-6,8-13,18-19H,7,14-17,20H2,1-4H3,(H,31,34). The minimum atomic E-state index is -0.0447. The quantitative estimate of drug-likeness (QED) is 0.275. The Morgan fingerprint density at radius 3 is 2.54 bits per heavy atom. The molecule has 0 bridgehead atoms. The van der Waals surface area contributed by atoms with Crippen molar-refractivity contribution < 1.29 is 19.0 Å². The molecular formula is C30H35N3O4. The van der Waals surface area contributed by atoms with Crippen LogP contribution in [-0.2, 0) is 24.2 Å². The third-order valence-electron chi connectivity index (χ3n) is 6.49. The zero-order valence-electron chi connectivity index (χ0n) is 22.0. The number of ether oxygens (including phenoxy) is 3. The second kappa shape index (κ2) is 12.3. The zero-order chi connectivity index (χ0) is 26.2. The molecule has 0 fully saturated rings. The topological polar surface area (TPSA) is 74.6 Å². The lowest BCUT2D eigenvalue weighted by Gasteiger charge is -2.12. The van der Waals surface area contributed by atoms with Crippen molar-refractivity contribution in [1.82, 2.24) is 14.9 Å². The highest BCUT2D eigenvalue weighted by atomic mass is 16.5. The molecule has 194 valence electrons. The second-order valence-electron chi connectivity index (χ2n) is 9.08. The smallest absolute Gasteiger partial charge is 0.224 e. The molecule has 1 aromatic heterocycles. The predicted molar refractivity (Wildman–Crippen MR) is 146 cm³/mol. The Kier molecular flexibility index (Phi) is 8.67. The molecule has 0 atom stereocenters. The van der Waals surface area contributed by atoms with Crippen LogP contribution in [-0.4, -0.2) is 42.8 Å². The van der Waals surface area contributed by atoms with E-state index in [0.29, 0.717) is 31.1 Å². The Morgan fingerprint density at radius 1 is 0.946 bits per heavy atom. The summed E-state index contributed by atoms with van der Waals surface area (Å²) in [6.07, 6.45) is 1.77. The molecule has 1 N–H and O–H groups in total. The molecule has 0 saturated heterocycles. The van der Waals surface area contributed by atoms with E-state index in [-0.39, 0.29) is 12.3 Å². The van der Waals surface area contributed by atoms with E-state index in [1.54, 1.807) is 14.2 Å². The van der Waals surface area contributed by atoms with Crippen LogP contribution in [0, 0.1) is 13.8 Å². The summed E-state index contributed by atoms with van der Waals surface area (Å²) in [6.45, 7) is 6.12. The largest absolute Gasteiger partial charge is 0.494 e. The van der Waals surface area contributed by atoms with E-state index in [9.17, 15) is 4.79 Å². The summed E-state index contributed by atoms with van der Waals surface area (Å²) in [5.41, 5.74) is 5.42. The Morgan fingerprint density at radius 2 is 1.76 bits per heavy atom. The molecular weight excluding hydrogens is 466 g/mol. The van der Waals surface area contributed by atoms with Crippen LogP contribution in [0.15, 0.2) is 60.7 Å². The number of carbonyl (C=O) groups is 1. The number of rotatable bonds is 12. The maximum Gasteiger partial charge on any atom is 0.224 e. The molecule has 4 rings (SSSR count). The van der Waals surface area contributed by atoms with Crippen LogP contribution in [0.25, 0.3) is 11.0 Å². The second-order valence-corrected chi connectivity index (χ2v) is 9.08. The van der Waals surface area contributed by atoms with Gasteiger partial charge in [0, 0.05) is 19.5 Å². The van der Waals surface area contributed by atoms with Crippen LogP contribution in [0.3, 0.4) is 0 Å². The number of hydrogen-bond acceptors (Lipinski definition) is 5. The van der Waals surface area contributed by atoms with E-state index in [1.165, 1.54) is 11.1 Å². The highest BCUT2D eigenvalue weighted by Crippen LogP contribution is 2.27. The molecule has 0 radical (unpaired) electrons. The van der Waals surface area contributed by atoms with Crippen molar-refractivity contribution in [3.05, 3.63) is 83.2 Å². The number of imidazole rings is 1. The van der Waals surface area contributed by atoms with E-state index < -0.39 is 0 Å². The molecule has 7 nitrogen and oxygen atoms in total. The SMILES string of the molecule is COc1ccc(CC(=O)NCCc2nc3ccccc3n2CCCOc2ccc(C)c(C)c2)cc1OC. The first-order valence-corrected chi connectivity index (χ1v) is 12.6. The Labute approximate surface area is 218 Å². The van der Waals surface area contributed by atoms with E-state index >= 15 is 0 Å². The molecule has 0 aliphatic rings. The number of nitrogens with one attached hydrogen (secondary N) is 1. The van der Waals surface area contributed by atoms with Gasteiger partial charge in [0.2, 0.25) is 5.91 Å². The van der Waals surface area contributed by atoms with Crippen molar-refractivity contribution in [1.29, 1.82) is 0 Å². The van der Waals surface area contributed by atoms with Gasteiger partial charge in [-0.05, 0) is 73.4 Å². The first-order chi connectivity index (χ1) is 18.0. The molecule has 0 aliphatic heterocycles. The summed E-state index contributed by atoms with van der Waals surface area (Å²) in [6, 6.07) is 19.8. The van der Waals surface area contributed by atoms with Gasteiger partial charge in [-0.2, -0.15) is 0 Å². The van der Waals surface area contributed by atoms with Crippen molar-refractivity contribution in [3.8, 4) is 17.2 Å². The fraction of sp³-hybridized carbons (Fsp3) is 0.333. The van der Waals surface area contributed by atoms with Crippen LogP contribution in [0.4, 0.5) is 0 Å². The third kappa shape index (κ3) is 6.61. The number of methoxy groups -OCH3 is 2. The van der Waals surface area contributed by atoms with Crippen LogP contribution >= 0.6 is 0 Å². The molecule has 1 heterocycles. The molecule has 0 aliphatic carbocycles. The average molecular weight is 502 g/mol. The van der Waals surface area contributed by atoms with E-state index in [4.69, 9.17) is 19.2 Å². The highest BCUT2D eigenvalue weighted by molar-refractivity contribution is 5.79. The minimum absolute atomic E-state index is 0.0447. The maximum atomic E-state index is 12.6. The van der Waals surface area contributed by atoms with Crippen molar-refractivity contribution >= 4 is 16.9 Å². The lowest BCUT2D eigenvalue weighted by molar-refractivity contribution is -0.120. The van der Waals surface area contributed by atoms with Gasteiger partial charge in [-0.15, -0.1) is 0 Å². The van der Waals surface area contributed by atoms with Gasteiger partial charge in [-0.1, -0.05) is 24.3 Å². The van der Waals surface area contributed by atoms with Gasteiger partial charge in [-0.25, -0.2) is 4.98 Å². The fourth-order valence-electron chi connectivity index (χ4n) is 4.33. The van der Waals surface area contributed by atoms with E-state index in [2.05, 4.69) is 41.9 Å². The monoisotopic (exact) mass is 501 g/mol. The number of carbonyl (C=O) groups excluding carboxylic acids is 1. The molecule has 7 heteroatoms. The number of hydrogen-bond donors (Lipinski definition) is 1. The molecule has 4 aromatic rings. The maximum absolute atomic E-state index is 12.6. The number of fused-ring (bicyclic) bond motifs is 1. The number of nitrogens with zero attached hydrogens (tertiary/aromatic N) is 2. The lowest BCUT2D eigenvalue weighted by atomic mass is 10.1. The summed E-state index contributed by atoms with van der Waals surface area (Å²) in [5.74, 6) is 3.07. The molecule has 3 aromatic carbocycles. The highest BCUT2D eigenvalue weighted by Gasteiger charge is 2.12. The van der Waals surface area contributed by atoms with Crippen LogP contribution in [0.5, 0.6) is 17.2 Å². The first kappa shape index (κ1) is 26.1. The van der Waals surface area contributed by atoms with Gasteiger partial charge in [-0.3, -0.25) is 4.79 Å². The van der Waals surface area contributed by atoms with Gasteiger partial charge in [0.05, 0.1) is 38.3 Å². The van der Waals surface area contributed by atoms with Crippen molar-refractivity contribution in [2.45, 2.75) is 39.7 Å². The normalized spacial score (nSPS) is 10.9. The van der Waals surface area contributed by atoms with Gasteiger partial charge in [0.25, 0.3) is 0 Å². The summed E-state index contributed by atoms with van der Waals surface area (Å²) < 4.78 is 18.8. The van der Waals surface area contributed by atoms with Crippen molar-refractivity contribution in [2.24, 2.45) is 0 Å². The van der Waals surface area contributed by atoms with E-state index in [1.807, 2.05) is 42.5 Å². The number of aryl methyl sites for hydroxylation is 3. The molecule has 1 amide bonds. The first-order valence-electron chi connectivity index (χ1n) is 12.6. The fourth-order valence-corrected chi connectivity index (χ4v) is 4.33. The summed E-state index contributed by atoms with van der Waals surface area (Å²) >= 11 is 0. The van der Waals surface area contributed by atoms with Crippen LogP contribution < -0.4 is 19.5 Å². The number of amides is 1. The Hall–Kier alpha value is -4.00. The number of benzene rings is 3. The zero-order valence-corrected chi connectivity index (χ0v) is 22.0. The molecule has 0 spiro atoms. The van der Waals surface area contributed by atoms with Gasteiger partial charge in [0.1, 0.15) is 11.6 Å². The van der Waals surface area contributed by atoms with Gasteiger partial charge >= 0.3 is 0 Å². The molecule has 0 saturated carbocycles. The third-order valence-corrected chi connectivity index (χ3v) is 6.49. The summed E-state index contributed by atoms with van der Waals surface area (Å²) in [7, 11) is 3.18. The Bertz CT molecular complexity index is 1360. The van der Waals surface area contributed by atoms with Crippen molar-refractivity contribution in [3.63, 3.8) is 0 Å². The number of aromatic nitrogens is 2. The molecule has 0 unspecified atom stereocenters. The summed E-state index contributed by atoms with van der Waals surface area (Å²) in [5, 5.41) is 3.03. The predicted octanol–water partition coefficient (Wildman–Crippen LogP) is 5.04. The van der Waals surface area contributed by atoms with E-state index in [0.717, 1.165) is 41.1 Å². The van der Waals surface area contributed by atoms with Crippen LogP contribution in [0.2, 0.25) is 0 Å². The lowest BCUT2D eigenvalue weighted by Crippen LogP contribution is -2.28. The average Bonchev–Trinajstić information content (AvgIpc) is 3.25. The van der Waals surface area contributed by atoms with Crippen molar-refractivity contribution in [2.75, 3.05) is 27.4 Å². The van der Waals surface area contributed by atoms with Crippen LogP contribution in [0.1, 0.15) is 28.9 Å². The van der Waals surface area contributed by atoms with Gasteiger partial charge in [0.15, 0.2) is 11.5 Å². The summed E-state index contributed by atoms with van der Waals surface area (Å²) in [4.78, 5) is 17.4. The minimum Gasteiger partial charge on any atom is -0.494 e. The van der Waals surface area contributed by atoms with Gasteiger partial charge < -0.3 is 24.1 Å².